The van der Waals surface area contributed by atoms with Crippen molar-refractivity contribution in [2.45, 2.75) is 37.6 Å². The Morgan fingerprint density at radius 1 is 0.778 bits per heavy atom. The zero-order valence-corrected chi connectivity index (χ0v) is 20.2. The van der Waals surface area contributed by atoms with Gasteiger partial charge in [0.1, 0.15) is 18.7 Å². The first kappa shape index (κ1) is 26.4. The highest BCUT2D eigenvalue weighted by Crippen LogP contribution is 2.29. The van der Waals surface area contributed by atoms with Gasteiger partial charge in [0.25, 0.3) is 0 Å². The molecule has 0 aliphatic carbocycles. The van der Waals surface area contributed by atoms with Crippen LogP contribution in [0, 0.1) is 0 Å². The molecule has 0 saturated heterocycles. The quantitative estimate of drug-likeness (QED) is 0.376. The van der Waals surface area contributed by atoms with Crippen molar-refractivity contribution in [2.75, 3.05) is 7.11 Å². The standard InChI is InChI=1S/C28H30N2O6/c1-19(31)24(30-28(34)36-18-20-12-6-3-7-13-20)26(32)29-25(27(33)35-2)23(21-14-8-4-9-15-21)22-16-10-5-11-17-22/h3-17,19,23-25,31H,18H2,1-2H3,(H,29,32)(H,30,34)/t19-,24+,25-/m1/s1. The summed E-state index contributed by atoms with van der Waals surface area (Å²) in [5.41, 5.74) is 2.33. The average molecular weight is 491 g/mol. The van der Waals surface area contributed by atoms with Crippen molar-refractivity contribution < 1.29 is 29.0 Å². The van der Waals surface area contributed by atoms with E-state index >= 15 is 0 Å². The zero-order chi connectivity index (χ0) is 25.9. The number of benzene rings is 3. The van der Waals surface area contributed by atoms with Crippen LogP contribution in [0.15, 0.2) is 91.0 Å². The Balaban J connectivity index is 1.81. The van der Waals surface area contributed by atoms with Crippen LogP contribution in [0.25, 0.3) is 0 Å². The summed E-state index contributed by atoms with van der Waals surface area (Å²) in [7, 11) is 1.24. The molecule has 0 aromatic heterocycles. The van der Waals surface area contributed by atoms with Crippen LogP contribution >= 0.6 is 0 Å². The van der Waals surface area contributed by atoms with E-state index < -0.39 is 42.1 Å². The van der Waals surface area contributed by atoms with Crippen LogP contribution in [0.1, 0.15) is 29.5 Å². The summed E-state index contributed by atoms with van der Waals surface area (Å²) in [5, 5.41) is 15.3. The first-order valence-corrected chi connectivity index (χ1v) is 11.5. The van der Waals surface area contributed by atoms with Gasteiger partial charge in [-0.2, -0.15) is 0 Å². The molecule has 3 aromatic rings. The Labute approximate surface area is 210 Å². The topological polar surface area (TPSA) is 114 Å². The van der Waals surface area contributed by atoms with Crippen molar-refractivity contribution in [3.05, 3.63) is 108 Å². The van der Waals surface area contributed by atoms with Gasteiger partial charge < -0.3 is 25.2 Å². The SMILES string of the molecule is COC(=O)[C@H](NC(=O)[C@@H](NC(=O)OCc1ccccc1)[C@@H](C)O)C(c1ccccc1)c1ccccc1. The number of ether oxygens (including phenoxy) is 2. The van der Waals surface area contributed by atoms with Crippen molar-refractivity contribution >= 4 is 18.0 Å². The monoisotopic (exact) mass is 490 g/mol. The van der Waals surface area contributed by atoms with Gasteiger partial charge in [-0.05, 0) is 23.6 Å². The molecule has 2 amide bonds. The van der Waals surface area contributed by atoms with E-state index in [1.54, 1.807) is 12.1 Å². The van der Waals surface area contributed by atoms with Gasteiger partial charge in [0, 0.05) is 5.92 Å². The molecule has 0 spiro atoms. The highest BCUT2D eigenvalue weighted by Gasteiger charge is 2.36. The second kappa shape index (κ2) is 13.1. The van der Waals surface area contributed by atoms with Gasteiger partial charge in [0.05, 0.1) is 13.2 Å². The normalized spacial score (nSPS) is 13.2. The van der Waals surface area contributed by atoms with Crippen LogP contribution < -0.4 is 10.6 Å². The number of amides is 2. The van der Waals surface area contributed by atoms with Crippen molar-refractivity contribution in [3.63, 3.8) is 0 Å². The van der Waals surface area contributed by atoms with Crippen LogP contribution in [0.3, 0.4) is 0 Å². The van der Waals surface area contributed by atoms with Gasteiger partial charge in [0.2, 0.25) is 5.91 Å². The molecule has 0 saturated carbocycles. The first-order chi connectivity index (χ1) is 17.4. The minimum atomic E-state index is -1.37. The number of rotatable bonds is 10. The van der Waals surface area contributed by atoms with E-state index in [4.69, 9.17) is 9.47 Å². The molecule has 3 N–H and O–H groups in total. The van der Waals surface area contributed by atoms with E-state index in [0.717, 1.165) is 16.7 Å². The fourth-order valence-corrected chi connectivity index (χ4v) is 3.84. The van der Waals surface area contributed by atoms with E-state index in [1.807, 2.05) is 78.9 Å². The molecule has 0 fully saturated rings. The average Bonchev–Trinajstić information content (AvgIpc) is 2.91. The first-order valence-electron chi connectivity index (χ1n) is 11.5. The van der Waals surface area contributed by atoms with Crippen LogP contribution in [-0.4, -0.2) is 48.4 Å². The predicted molar refractivity (Wildman–Crippen MR) is 134 cm³/mol. The molecule has 3 rings (SSSR count). The third-order valence-corrected chi connectivity index (χ3v) is 5.65. The number of hydrogen-bond donors (Lipinski definition) is 3. The van der Waals surface area contributed by atoms with E-state index in [1.165, 1.54) is 14.0 Å². The number of carbonyl (C=O) groups is 3. The number of hydrogen-bond acceptors (Lipinski definition) is 6. The van der Waals surface area contributed by atoms with Gasteiger partial charge in [-0.3, -0.25) is 4.79 Å². The maximum absolute atomic E-state index is 13.2. The Kier molecular flexibility index (Phi) is 9.59. The number of nitrogens with one attached hydrogen (secondary N) is 2. The molecule has 188 valence electrons. The molecule has 3 aromatic carbocycles. The molecule has 0 bridgehead atoms. The summed E-state index contributed by atoms with van der Waals surface area (Å²) in [4.78, 5) is 38.5. The number of aliphatic hydroxyl groups excluding tert-OH is 1. The van der Waals surface area contributed by atoms with E-state index in [0.29, 0.717) is 0 Å². The maximum Gasteiger partial charge on any atom is 0.408 e. The number of carbonyl (C=O) groups excluding carboxylic acids is 3. The Hall–Kier alpha value is -4.17. The fraction of sp³-hybridized carbons (Fsp3) is 0.250. The molecule has 36 heavy (non-hydrogen) atoms. The lowest BCUT2D eigenvalue weighted by molar-refractivity contribution is -0.146. The van der Waals surface area contributed by atoms with E-state index in [2.05, 4.69) is 10.6 Å². The highest BCUT2D eigenvalue weighted by molar-refractivity contribution is 5.90. The molecule has 0 unspecified atom stereocenters. The van der Waals surface area contributed by atoms with E-state index in [9.17, 15) is 19.5 Å². The number of methoxy groups -OCH3 is 1. The van der Waals surface area contributed by atoms with Crippen molar-refractivity contribution in [2.24, 2.45) is 0 Å². The summed E-state index contributed by atoms with van der Waals surface area (Å²) < 4.78 is 10.2. The smallest absolute Gasteiger partial charge is 0.408 e. The molecular formula is C28H30N2O6. The van der Waals surface area contributed by atoms with Crippen LogP contribution in [0.4, 0.5) is 4.79 Å². The summed E-state index contributed by atoms with van der Waals surface area (Å²) in [6, 6.07) is 25.0. The second-order valence-electron chi connectivity index (χ2n) is 8.23. The fourth-order valence-electron chi connectivity index (χ4n) is 3.84. The molecular weight excluding hydrogens is 460 g/mol. The van der Waals surface area contributed by atoms with Crippen LogP contribution in [0.2, 0.25) is 0 Å². The number of aliphatic hydroxyl groups is 1. The molecule has 0 aliphatic rings. The van der Waals surface area contributed by atoms with Gasteiger partial charge in [-0.25, -0.2) is 9.59 Å². The predicted octanol–water partition coefficient (Wildman–Crippen LogP) is 3.15. The van der Waals surface area contributed by atoms with Crippen molar-refractivity contribution in [3.8, 4) is 0 Å². The van der Waals surface area contributed by atoms with E-state index in [-0.39, 0.29) is 6.61 Å². The Bertz CT molecular complexity index is 1080. The van der Waals surface area contributed by atoms with Gasteiger partial charge >= 0.3 is 12.1 Å². The molecule has 0 radical (unpaired) electrons. The van der Waals surface area contributed by atoms with Crippen LogP contribution in [0.5, 0.6) is 0 Å². The van der Waals surface area contributed by atoms with Crippen molar-refractivity contribution in [1.82, 2.24) is 10.6 Å². The molecule has 8 heteroatoms. The largest absolute Gasteiger partial charge is 0.467 e. The summed E-state index contributed by atoms with van der Waals surface area (Å²) >= 11 is 0. The lowest BCUT2D eigenvalue weighted by atomic mass is 9.84. The van der Waals surface area contributed by atoms with Gasteiger partial charge in [-0.1, -0.05) is 91.0 Å². The lowest BCUT2D eigenvalue weighted by Gasteiger charge is -2.29. The maximum atomic E-state index is 13.2. The third kappa shape index (κ3) is 7.16. The summed E-state index contributed by atoms with van der Waals surface area (Å²) in [6.07, 6.45) is -2.14. The van der Waals surface area contributed by atoms with Gasteiger partial charge in [-0.15, -0.1) is 0 Å². The summed E-state index contributed by atoms with van der Waals surface area (Å²) in [6.45, 7) is 1.36. The van der Waals surface area contributed by atoms with Crippen molar-refractivity contribution in [1.29, 1.82) is 0 Å². The van der Waals surface area contributed by atoms with Gasteiger partial charge in [0.15, 0.2) is 0 Å². The minimum absolute atomic E-state index is 0.00427. The molecule has 0 aliphatic heterocycles. The minimum Gasteiger partial charge on any atom is -0.467 e. The molecule has 3 atom stereocenters. The molecule has 0 heterocycles. The molecule has 8 nitrogen and oxygen atoms in total. The zero-order valence-electron chi connectivity index (χ0n) is 20.2. The highest BCUT2D eigenvalue weighted by atomic mass is 16.5. The second-order valence-corrected chi connectivity index (χ2v) is 8.23. The number of alkyl carbamates (subject to hydrolysis) is 1. The number of esters is 1. The Morgan fingerprint density at radius 2 is 1.28 bits per heavy atom. The third-order valence-electron chi connectivity index (χ3n) is 5.65. The van der Waals surface area contributed by atoms with Crippen LogP contribution in [-0.2, 0) is 25.7 Å². The summed E-state index contributed by atoms with van der Waals surface area (Å²) in [5.74, 6) is -2.01. The lowest BCUT2D eigenvalue weighted by Crippen LogP contribution is -2.57. The Morgan fingerprint density at radius 3 is 1.75 bits per heavy atom.